The van der Waals surface area contributed by atoms with E-state index in [0.717, 1.165) is 11.7 Å². The monoisotopic (exact) mass is 552 g/mol. The summed E-state index contributed by atoms with van der Waals surface area (Å²) < 4.78 is 28.4. The number of carbonyl (C=O) groups is 4. The van der Waals surface area contributed by atoms with Crippen LogP contribution in [-0.4, -0.2) is 62.0 Å². The van der Waals surface area contributed by atoms with Crippen LogP contribution in [0.2, 0.25) is 0 Å². The highest BCUT2D eigenvalue weighted by Gasteiger charge is 2.32. The van der Waals surface area contributed by atoms with E-state index in [-0.39, 0.29) is 41.6 Å². The van der Waals surface area contributed by atoms with Crippen LogP contribution in [0.1, 0.15) is 69.6 Å². The van der Waals surface area contributed by atoms with Crippen LogP contribution in [0.25, 0.3) is 0 Å². The summed E-state index contributed by atoms with van der Waals surface area (Å²) in [6.07, 6.45) is 3.79. The molecule has 12 heteroatoms. The molecule has 0 saturated carbocycles. The van der Waals surface area contributed by atoms with Gasteiger partial charge in [-0.05, 0) is 43.9 Å². The van der Waals surface area contributed by atoms with Gasteiger partial charge >= 0.3 is 0 Å². The van der Waals surface area contributed by atoms with Crippen LogP contribution in [0, 0.1) is 30.6 Å². The second kappa shape index (κ2) is 13.7. The van der Waals surface area contributed by atoms with Gasteiger partial charge in [0.15, 0.2) is 21.3 Å². The number of nitrogens with zero attached hydrogens (tertiary/aromatic N) is 1. The quantitative estimate of drug-likeness (QED) is 0.315. The first-order valence-electron chi connectivity index (χ1n) is 12.9. The molecule has 0 unspecified atom stereocenters. The molecule has 1 aliphatic heterocycles. The van der Waals surface area contributed by atoms with Gasteiger partial charge in [-0.3, -0.25) is 19.2 Å². The van der Waals surface area contributed by atoms with Gasteiger partial charge < -0.3 is 20.5 Å². The SMILES string of the molecule is Cc1cc(C(=O)N[C@H](C(=O)N[C@@H](CC(C)C)C(=O)C[C@H](/C=C/S(C)(=O)=O)C[C@@H]2CCNC2=O)C(C)C)no1. The lowest BCUT2D eigenvalue weighted by Gasteiger charge is -2.26. The van der Waals surface area contributed by atoms with Crippen molar-refractivity contribution < 1.29 is 32.1 Å². The Labute approximate surface area is 224 Å². The summed E-state index contributed by atoms with van der Waals surface area (Å²) in [5, 5.41) is 13.0. The van der Waals surface area contributed by atoms with E-state index in [1.807, 2.05) is 13.8 Å². The lowest BCUT2D eigenvalue weighted by molar-refractivity contribution is -0.130. The number of aryl methyl sites for hydroxylation is 1. The van der Waals surface area contributed by atoms with E-state index < -0.39 is 39.7 Å². The smallest absolute Gasteiger partial charge is 0.274 e. The van der Waals surface area contributed by atoms with E-state index in [1.165, 1.54) is 12.1 Å². The lowest BCUT2D eigenvalue weighted by Crippen LogP contribution is -2.54. The largest absolute Gasteiger partial charge is 0.361 e. The van der Waals surface area contributed by atoms with Crippen LogP contribution in [0.15, 0.2) is 22.1 Å². The second-order valence-electron chi connectivity index (χ2n) is 10.8. The number of hydrogen-bond donors (Lipinski definition) is 3. The summed E-state index contributed by atoms with van der Waals surface area (Å²) in [6, 6.07) is -0.309. The maximum absolute atomic E-state index is 13.4. The van der Waals surface area contributed by atoms with Gasteiger partial charge in [0.2, 0.25) is 11.8 Å². The molecule has 4 atom stereocenters. The maximum atomic E-state index is 13.4. The average molecular weight is 553 g/mol. The third-order valence-electron chi connectivity index (χ3n) is 6.32. The Morgan fingerprint density at radius 1 is 1.21 bits per heavy atom. The van der Waals surface area contributed by atoms with Crippen LogP contribution >= 0.6 is 0 Å². The Morgan fingerprint density at radius 2 is 1.89 bits per heavy atom. The fraction of sp³-hybridized carbons (Fsp3) is 0.654. The van der Waals surface area contributed by atoms with Gasteiger partial charge in [-0.2, -0.15) is 0 Å². The average Bonchev–Trinajstić information content (AvgIpc) is 3.42. The van der Waals surface area contributed by atoms with Crippen molar-refractivity contribution in [3.63, 3.8) is 0 Å². The maximum Gasteiger partial charge on any atom is 0.274 e. The second-order valence-corrected chi connectivity index (χ2v) is 12.7. The number of amides is 3. The summed E-state index contributed by atoms with van der Waals surface area (Å²) in [7, 11) is -3.43. The van der Waals surface area contributed by atoms with Crippen molar-refractivity contribution >= 4 is 33.3 Å². The molecule has 0 spiro atoms. The van der Waals surface area contributed by atoms with E-state index in [4.69, 9.17) is 4.52 Å². The van der Waals surface area contributed by atoms with E-state index >= 15 is 0 Å². The van der Waals surface area contributed by atoms with Crippen molar-refractivity contribution in [2.75, 3.05) is 12.8 Å². The molecule has 1 fully saturated rings. The van der Waals surface area contributed by atoms with Gasteiger partial charge in [-0.15, -0.1) is 0 Å². The van der Waals surface area contributed by atoms with Gasteiger partial charge in [0.1, 0.15) is 11.8 Å². The molecule has 2 rings (SSSR count). The van der Waals surface area contributed by atoms with Crippen LogP contribution in [0.4, 0.5) is 0 Å². The van der Waals surface area contributed by atoms with Crippen LogP contribution in [0.3, 0.4) is 0 Å². The minimum atomic E-state index is -3.43. The molecule has 1 aliphatic rings. The topological polar surface area (TPSA) is 165 Å². The first-order chi connectivity index (χ1) is 17.7. The predicted octanol–water partition coefficient (Wildman–Crippen LogP) is 1.93. The van der Waals surface area contributed by atoms with Crippen LogP contribution < -0.4 is 16.0 Å². The molecule has 38 heavy (non-hydrogen) atoms. The molecule has 1 saturated heterocycles. The van der Waals surface area contributed by atoms with Crippen molar-refractivity contribution in [1.29, 1.82) is 0 Å². The fourth-order valence-electron chi connectivity index (χ4n) is 4.35. The molecule has 11 nitrogen and oxygen atoms in total. The Balaban J connectivity index is 2.18. The Hall–Kier alpha value is -3.02. The summed E-state index contributed by atoms with van der Waals surface area (Å²) in [4.78, 5) is 51.4. The molecule has 2 heterocycles. The number of ketones is 1. The van der Waals surface area contributed by atoms with Crippen molar-refractivity contribution in [1.82, 2.24) is 21.1 Å². The third-order valence-corrected chi connectivity index (χ3v) is 6.97. The number of aromatic nitrogens is 1. The van der Waals surface area contributed by atoms with Gasteiger partial charge in [-0.25, -0.2) is 8.42 Å². The molecule has 0 radical (unpaired) electrons. The minimum Gasteiger partial charge on any atom is -0.361 e. The summed E-state index contributed by atoms with van der Waals surface area (Å²) >= 11 is 0. The van der Waals surface area contributed by atoms with Crippen LogP contribution in [-0.2, 0) is 24.2 Å². The number of sulfone groups is 1. The first-order valence-corrected chi connectivity index (χ1v) is 14.8. The molecule has 1 aromatic heterocycles. The predicted molar refractivity (Wildman–Crippen MR) is 142 cm³/mol. The minimum absolute atomic E-state index is 0.0373. The number of nitrogens with one attached hydrogen (secondary N) is 3. The standard InChI is InChI=1S/C26H40N4O7S/c1-15(2)11-20(28-26(34)23(16(3)4)29-25(33)21-12-17(5)37-30-21)22(31)14-18(8-10-38(6,35)36)13-19-7-9-27-24(19)32/h8,10,12,15-16,18-20,23H,7,9,11,13-14H2,1-6H3,(H,27,32)(H,28,34)(H,29,33)/b10-8+/t18-,19+,20+,23+/m1/s1. The van der Waals surface area contributed by atoms with Gasteiger partial charge in [0, 0.05) is 36.6 Å². The highest BCUT2D eigenvalue weighted by molar-refractivity contribution is 7.93. The van der Waals surface area contributed by atoms with E-state index in [9.17, 15) is 27.6 Å². The Bertz CT molecular complexity index is 1140. The van der Waals surface area contributed by atoms with Crippen molar-refractivity contribution in [3.05, 3.63) is 29.0 Å². The summed E-state index contributed by atoms with van der Waals surface area (Å²) in [5.74, 6) is -2.01. The summed E-state index contributed by atoms with van der Waals surface area (Å²) in [6.45, 7) is 9.58. The first kappa shape index (κ1) is 31.2. The van der Waals surface area contributed by atoms with Crippen molar-refractivity contribution in [2.45, 2.75) is 72.4 Å². The van der Waals surface area contributed by atoms with Crippen molar-refractivity contribution in [2.24, 2.45) is 23.7 Å². The van der Waals surface area contributed by atoms with Crippen LogP contribution in [0.5, 0.6) is 0 Å². The molecule has 0 bridgehead atoms. The van der Waals surface area contributed by atoms with E-state index in [2.05, 4.69) is 21.1 Å². The Kier molecular flexibility index (Phi) is 11.2. The van der Waals surface area contributed by atoms with Gasteiger partial charge in [-0.1, -0.05) is 38.9 Å². The van der Waals surface area contributed by atoms with Crippen molar-refractivity contribution in [3.8, 4) is 0 Å². The molecule has 212 valence electrons. The third kappa shape index (κ3) is 10.0. The molecule has 1 aromatic rings. The summed E-state index contributed by atoms with van der Waals surface area (Å²) in [5.41, 5.74) is 0.0483. The zero-order chi connectivity index (χ0) is 28.6. The molecular formula is C26H40N4O7S. The number of Topliss-reactive ketones (excluding diaryl/α,β-unsaturated/α-hetero) is 1. The number of carbonyl (C=O) groups excluding carboxylic acids is 4. The van der Waals surface area contributed by atoms with E-state index in [0.29, 0.717) is 31.6 Å². The van der Waals surface area contributed by atoms with E-state index in [1.54, 1.807) is 20.8 Å². The molecule has 3 amide bonds. The number of rotatable bonds is 14. The molecule has 3 N–H and O–H groups in total. The number of hydrogen-bond acceptors (Lipinski definition) is 8. The highest BCUT2D eigenvalue weighted by atomic mass is 32.2. The highest BCUT2D eigenvalue weighted by Crippen LogP contribution is 2.25. The fourth-order valence-corrected chi connectivity index (χ4v) is 4.85. The lowest BCUT2D eigenvalue weighted by atomic mass is 9.87. The normalized spacial score (nSPS) is 18.4. The van der Waals surface area contributed by atoms with Gasteiger partial charge in [0.25, 0.3) is 5.91 Å². The number of allylic oxidation sites excluding steroid dienone is 1. The molecular weight excluding hydrogens is 512 g/mol. The van der Waals surface area contributed by atoms with Gasteiger partial charge in [0.05, 0.1) is 6.04 Å². The zero-order valence-electron chi connectivity index (χ0n) is 22.9. The Morgan fingerprint density at radius 3 is 2.39 bits per heavy atom. The molecule has 0 aliphatic carbocycles. The molecule has 0 aromatic carbocycles. The zero-order valence-corrected chi connectivity index (χ0v) is 23.8.